The smallest absolute Gasteiger partial charge is 0.159 e. The Morgan fingerprint density at radius 2 is 1.06 bits per heavy atom. The number of hydrogen-bond acceptors (Lipinski definition) is 5. The van der Waals surface area contributed by atoms with Crippen LogP contribution in [0, 0.1) is 34.5 Å². The van der Waals surface area contributed by atoms with Crippen molar-refractivity contribution >= 4 is 22.6 Å². The number of hydrogen-bond donors (Lipinski definition) is 2. The maximum atomic E-state index is 8.85. The molecule has 2 aliphatic carbocycles. The van der Waals surface area contributed by atoms with Crippen LogP contribution in [-0.4, -0.2) is 26.4 Å². The Morgan fingerprint density at radius 3 is 1.36 bits per heavy atom. The molecule has 2 aliphatic rings. The lowest BCUT2D eigenvalue weighted by Gasteiger charge is -2.34. The third-order valence-corrected chi connectivity index (χ3v) is 8.31. The van der Waals surface area contributed by atoms with E-state index in [0.717, 1.165) is 61.1 Å². The molecule has 1 aromatic rings. The van der Waals surface area contributed by atoms with Crippen LogP contribution in [0.2, 0.25) is 0 Å². The van der Waals surface area contributed by atoms with E-state index < -0.39 is 0 Å². The minimum atomic E-state index is 0.111. The van der Waals surface area contributed by atoms with Crippen molar-refractivity contribution in [3.8, 4) is 0 Å². The molecule has 4 atom stereocenters. The molecule has 5 nitrogen and oxygen atoms in total. The molecule has 2 N–H and O–H groups in total. The summed E-state index contributed by atoms with van der Waals surface area (Å²) in [5.41, 5.74) is 8.60. The summed E-state index contributed by atoms with van der Waals surface area (Å²) in [6.45, 7) is 17.3. The molecule has 36 heavy (non-hydrogen) atoms. The number of rotatable bonds is 8. The zero-order valence-corrected chi connectivity index (χ0v) is 23.6. The van der Waals surface area contributed by atoms with Gasteiger partial charge in [-0.05, 0) is 97.6 Å². The fourth-order valence-corrected chi connectivity index (χ4v) is 6.26. The molecule has 3 rings (SSSR count). The van der Waals surface area contributed by atoms with Crippen molar-refractivity contribution in [3.63, 3.8) is 0 Å². The fourth-order valence-electron chi connectivity index (χ4n) is 6.26. The van der Waals surface area contributed by atoms with Gasteiger partial charge in [0.15, 0.2) is 11.6 Å². The summed E-state index contributed by atoms with van der Waals surface area (Å²) in [5, 5.41) is 17.7. The highest BCUT2D eigenvalue weighted by molar-refractivity contribution is 6.04. The topological polar surface area (TPSA) is 86.4 Å². The van der Waals surface area contributed by atoms with Gasteiger partial charge in [-0.15, -0.1) is 0 Å². The highest BCUT2D eigenvalue weighted by Gasteiger charge is 2.33. The summed E-state index contributed by atoms with van der Waals surface area (Å²) in [4.78, 5) is 14.2. The number of allylic oxidation sites excluding steroid dienone is 8. The Hall–Kier alpha value is -2.69. The lowest BCUT2D eigenvalue weighted by atomic mass is 9.71. The quantitative estimate of drug-likeness (QED) is 0.387. The van der Waals surface area contributed by atoms with Crippen LogP contribution in [0.4, 0.5) is 0 Å². The minimum absolute atomic E-state index is 0.111. The second kappa shape index (κ2) is 12.0. The van der Waals surface area contributed by atoms with E-state index in [-0.39, 0.29) is 11.8 Å². The molecule has 4 unspecified atom stereocenters. The van der Waals surface area contributed by atoms with E-state index in [0.29, 0.717) is 23.5 Å². The second-order valence-corrected chi connectivity index (χ2v) is 10.2. The van der Waals surface area contributed by atoms with E-state index in [1.807, 2.05) is 0 Å². The van der Waals surface area contributed by atoms with Gasteiger partial charge in [0, 0.05) is 23.3 Å². The predicted molar refractivity (Wildman–Crippen MR) is 152 cm³/mol. The molecule has 0 saturated heterocycles. The molecule has 0 amide bonds. The zero-order chi connectivity index (χ0) is 26.6. The number of nitrogens with zero attached hydrogens (tertiary/aromatic N) is 3. The van der Waals surface area contributed by atoms with E-state index in [1.165, 1.54) is 22.3 Å². The van der Waals surface area contributed by atoms with E-state index in [9.17, 15) is 0 Å². The summed E-state index contributed by atoms with van der Waals surface area (Å²) in [5.74, 6) is 2.27. The van der Waals surface area contributed by atoms with Gasteiger partial charge in [0.1, 0.15) is 6.33 Å². The highest BCUT2D eigenvalue weighted by atomic mass is 15.0. The molecule has 0 saturated carbocycles. The van der Waals surface area contributed by atoms with Gasteiger partial charge in [0.05, 0.1) is 0 Å². The summed E-state index contributed by atoms with van der Waals surface area (Å²) >= 11 is 0. The number of nitrogens with one attached hydrogen (secondary N) is 2. The summed E-state index contributed by atoms with van der Waals surface area (Å²) < 4.78 is 0. The van der Waals surface area contributed by atoms with E-state index in [2.05, 4.69) is 77.5 Å². The van der Waals surface area contributed by atoms with Crippen molar-refractivity contribution < 1.29 is 0 Å². The molecule has 5 heteroatoms. The molecule has 0 aromatic carbocycles. The van der Waals surface area contributed by atoms with Crippen LogP contribution < -0.4 is 0 Å². The monoisotopic (exact) mass is 487 g/mol. The average Bonchev–Trinajstić information content (AvgIpc) is 2.91. The summed E-state index contributed by atoms with van der Waals surface area (Å²) in [6.07, 6.45) is 11.9. The van der Waals surface area contributed by atoms with Crippen LogP contribution in [0.15, 0.2) is 40.8 Å². The van der Waals surface area contributed by atoms with Crippen molar-refractivity contribution in [3.05, 3.63) is 52.4 Å². The van der Waals surface area contributed by atoms with Gasteiger partial charge < -0.3 is 10.8 Å². The first-order valence-electron chi connectivity index (χ1n) is 14.0. The minimum Gasteiger partial charge on any atom is -0.304 e. The molecular formula is C31H45N5. The largest absolute Gasteiger partial charge is 0.304 e. The van der Waals surface area contributed by atoms with Crippen LogP contribution in [0.5, 0.6) is 0 Å². The van der Waals surface area contributed by atoms with Crippen molar-refractivity contribution in [1.29, 1.82) is 10.8 Å². The molecule has 0 spiro atoms. The molecule has 0 radical (unpaired) electrons. The molecule has 0 aliphatic heterocycles. The van der Waals surface area contributed by atoms with Crippen LogP contribution in [-0.2, 0) is 0 Å². The molecule has 1 heterocycles. The molecule has 0 bridgehead atoms. The first-order chi connectivity index (χ1) is 17.3. The Morgan fingerprint density at radius 1 is 0.667 bits per heavy atom. The van der Waals surface area contributed by atoms with Gasteiger partial charge >= 0.3 is 0 Å². The SMILES string of the molecule is CCC1=CC(CC)C(=C(C)c2ncnc(C(C)=C3C(CC)C=C(CC)C(=N)C3CC)n2)C(CC)C1=N. The number of aromatic nitrogens is 3. The van der Waals surface area contributed by atoms with Crippen molar-refractivity contribution in [2.45, 2.75) is 93.9 Å². The van der Waals surface area contributed by atoms with Gasteiger partial charge in [-0.1, -0.05) is 53.7 Å². The van der Waals surface area contributed by atoms with Crippen molar-refractivity contribution in [1.82, 2.24) is 15.0 Å². The molecule has 194 valence electrons. The zero-order valence-electron chi connectivity index (χ0n) is 23.6. The summed E-state index contributed by atoms with van der Waals surface area (Å²) in [6, 6.07) is 0. The normalized spacial score (nSPS) is 27.6. The van der Waals surface area contributed by atoms with Gasteiger partial charge in [-0.2, -0.15) is 0 Å². The van der Waals surface area contributed by atoms with Crippen molar-refractivity contribution in [2.75, 3.05) is 0 Å². The molecule has 0 fully saturated rings. The highest BCUT2D eigenvalue weighted by Crippen LogP contribution is 2.41. The third-order valence-electron chi connectivity index (χ3n) is 8.31. The average molecular weight is 488 g/mol. The van der Waals surface area contributed by atoms with E-state index >= 15 is 0 Å². The lowest BCUT2D eigenvalue weighted by Crippen LogP contribution is -2.28. The maximum absolute atomic E-state index is 8.85. The standard InChI is InChI=1S/C31H45N5/c1-9-20-15-22(11-3)28(32)24(13-5)26(20)18(7)30-34-17-35-31(36-30)19(8)27-21(10-2)16-23(12-4)29(33)25(27)14-6/h15-17,20-21,24-25,32-33H,9-14H2,1-8H3. The Bertz CT molecular complexity index is 1050. The van der Waals surface area contributed by atoms with Crippen LogP contribution in [0.25, 0.3) is 11.1 Å². The van der Waals surface area contributed by atoms with Crippen molar-refractivity contribution in [2.24, 2.45) is 23.7 Å². The first kappa shape index (κ1) is 27.9. The first-order valence-corrected chi connectivity index (χ1v) is 14.0. The maximum Gasteiger partial charge on any atom is 0.159 e. The fraction of sp³-hybridized carbons (Fsp3) is 0.581. The van der Waals surface area contributed by atoms with E-state index in [1.54, 1.807) is 6.33 Å². The van der Waals surface area contributed by atoms with Gasteiger partial charge in [0.2, 0.25) is 0 Å². The van der Waals surface area contributed by atoms with Crippen LogP contribution in [0.1, 0.15) is 106 Å². The van der Waals surface area contributed by atoms with E-state index in [4.69, 9.17) is 15.8 Å². The van der Waals surface area contributed by atoms with Crippen LogP contribution >= 0.6 is 0 Å². The van der Waals surface area contributed by atoms with Gasteiger partial charge in [-0.3, -0.25) is 0 Å². The third kappa shape index (κ3) is 5.07. The van der Waals surface area contributed by atoms with Gasteiger partial charge in [-0.25, -0.2) is 15.0 Å². The Balaban J connectivity index is 2.16. The molecule has 1 aromatic heterocycles. The van der Waals surface area contributed by atoms with Crippen LogP contribution in [0.3, 0.4) is 0 Å². The second-order valence-electron chi connectivity index (χ2n) is 10.2. The Kier molecular flexibility index (Phi) is 9.32. The predicted octanol–water partition coefficient (Wildman–Crippen LogP) is 8.26. The summed E-state index contributed by atoms with van der Waals surface area (Å²) in [7, 11) is 0. The van der Waals surface area contributed by atoms with Gasteiger partial charge in [0.25, 0.3) is 0 Å². The molecular weight excluding hydrogens is 442 g/mol. The lowest BCUT2D eigenvalue weighted by molar-refractivity contribution is 0.602. The Labute approximate surface area is 218 Å².